The minimum absolute atomic E-state index is 0.201. The van der Waals surface area contributed by atoms with Gasteiger partial charge >= 0.3 is 18.8 Å². The van der Waals surface area contributed by atoms with Crippen molar-refractivity contribution < 1.29 is 36.3 Å². The summed E-state index contributed by atoms with van der Waals surface area (Å²) in [6, 6.07) is 7.47. The van der Waals surface area contributed by atoms with Crippen molar-refractivity contribution in [3.05, 3.63) is 53.4 Å². The molecule has 5 rings (SSSR count). The average molecular weight is 469 g/mol. The second-order valence-electron chi connectivity index (χ2n) is 7.33. The van der Waals surface area contributed by atoms with E-state index < -0.39 is 30.1 Å². The average Bonchev–Trinajstić information content (AvgIpc) is 3.31. The maximum Gasteiger partial charge on any atom is 0.416 e. The lowest BCUT2D eigenvalue weighted by molar-refractivity contribution is -0.138. The second kappa shape index (κ2) is 7.40. The van der Waals surface area contributed by atoms with Crippen molar-refractivity contribution in [2.75, 3.05) is 22.3 Å². The van der Waals surface area contributed by atoms with Gasteiger partial charge in [0.05, 0.1) is 16.9 Å². The van der Waals surface area contributed by atoms with Crippen LogP contribution in [-0.4, -0.2) is 25.5 Å². The number of hydrogen-bond acceptors (Lipinski definition) is 8. The number of rotatable bonds is 5. The van der Waals surface area contributed by atoms with Crippen LogP contribution >= 0.6 is 0 Å². The third kappa shape index (κ3) is 3.73. The van der Waals surface area contributed by atoms with E-state index in [9.17, 15) is 22.0 Å². The van der Waals surface area contributed by atoms with Gasteiger partial charge in [0.15, 0.2) is 6.73 Å². The van der Waals surface area contributed by atoms with Crippen LogP contribution in [0, 0.1) is 0 Å². The summed E-state index contributed by atoms with van der Waals surface area (Å²) in [5.41, 5.74) is 3.33. The smallest absolute Gasteiger partial charge is 0.416 e. The Morgan fingerprint density at radius 1 is 1.21 bits per heavy atom. The van der Waals surface area contributed by atoms with Crippen LogP contribution in [0.25, 0.3) is 0 Å². The molecule has 3 aliphatic rings. The molecule has 8 nitrogen and oxygen atoms in total. The fourth-order valence-corrected chi connectivity index (χ4v) is 3.67. The van der Waals surface area contributed by atoms with Crippen molar-refractivity contribution in [3.63, 3.8) is 0 Å². The van der Waals surface area contributed by atoms with E-state index >= 15 is 0 Å². The lowest BCUT2D eigenvalue weighted by Crippen LogP contribution is -2.51. The number of nitrogens with zero attached hydrogens (tertiary/aromatic N) is 2. The third-order valence-electron chi connectivity index (χ3n) is 5.10. The maximum absolute atomic E-state index is 13.4. The Bertz CT molecular complexity index is 1170. The summed E-state index contributed by atoms with van der Waals surface area (Å²) in [5.74, 6) is -1.27. The molecule has 0 amide bonds. The number of hydrogen-bond donors (Lipinski definition) is 3. The summed E-state index contributed by atoms with van der Waals surface area (Å²) in [5, 5.41) is 5.84. The molecule has 1 fully saturated rings. The van der Waals surface area contributed by atoms with Crippen LogP contribution < -0.4 is 30.5 Å². The fraction of sp³-hybridized carbons (Fsp3) is 0.250. The van der Waals surface area contributed by atoms with Gasteiger partial charge in [-0.25, -0.2) is 15.3 Å². The van der Waals surface area contributed by atoms with E-state index in [1.165, 1.54) is 6.21 Å². The van der Waals surface area contributed by atoms with Crippen molar-refractivity contribution in [2.45, 2.75) is 25.7 Å². The zero-order chi connectivity index (χ0) is 23.4. The summed E-state index contributed by atoms with van der Waals surface area (Å²) in [7, 11) is 0. The van der Waals surface area contributed by atoms with E-state index in [2.05, 4.69) is 25.8 Å². The summed E-state index contributed by atoms with van der Waals surface area (Å²) in [6.45, 7) is -1.23. The van der Waals surface area contributed by atoms with Gasteiger partial charge < -0.3 is 20.1 Å². The summed E-state index contributed by atoms with van der Waals surface area (Å²) >= 11 is 0. The number of nitrogens with one attached hydrogen (secondary N) is 3. The van der Waals surface area contributed by atoms with Gasteiger partial charge in [-0.15, -0.1) is 0 Å². The molecule has 2 aromatic rings. The van der Waals surface area contributed by atoms with Gasteiger partial charge in [-0.2, -0.15) is 22.0 Å². The van der Waals surface area contributed by atoms with Crippen molar-refractivity contribution in [1.29, 1.82) is 0 Å². The number of benzene rings is 2. The van der Waals surface area contributed by atoms with E-state index in [0.29, 0.717) is 41.3 Å². The number of halogens is 5. The molecule has 13 heteroatoms. The van der Waals surface area contributed by atoms with Crippen molar-refractivity contribution >= 4 is 23.3 Å². The minimum Gasteiger partial charge on any atom is -0.471 e. The molecule has 1 unspecified atom stereocenters. The largest absolute Gasteiger partial charge is 0.471 e. The van der Waals surface area contributed by atoms with Gasteiger partial charge in [0.25, 0.3) is 0 Å². The predicted molar refractivity (Wildman–Crippen MR) is 108 cm³/mol. The monoisotopic (exact) mass is 469 g/mol. The van der Waals surface area contributed by atoms with E-state index in [-0.39, 0.29) is 5.69 Å². The van der Waals surface area contributed by atoms with Crippen LogP contribution in [0.4, 0.5) is 39.0 Å². The SMILES string of the molecule is CC1=C2NOC(Nc3cc(OC(F)F)cc(C(F)(F)F)c3)(N=C1)N2c1ccc2c(c1)NCO2. The zero-order valence-electron chi connectivity index (χ0n) is 16.8. The molecule has 3 heterocycles. The zero-order valence-corrected chi connectivity index (χ0v) is 16.8. The summed E-state index contributed by atoms with van der Waals surface area (Å²) < 4.78 is 75.2. The number of alkyl halides is 5. The van der Waals surface area contributed by atoms with Crippen LogP contribution in [0.15, 0.2) is 52.8 Å². The number of allylic oxidation sites excluding steroid dienone is 1. The second-order valence-corrected chi connectivity index (χ2v) is 7.33. The highest BCUT2D eigenvalue weighted by molar-refractivity contribution is 5.85. The van der Waals surface area contributed by atoms with Crippen molar-refractivity contribution in [3.8, 4) is 11.5 Å². The molecular weight excluding hydrogens is 453 g/mol. The highest BCUT2D eigenvalue weighted by Crippen LogP contribution is 2.43. The van der Waals surface area contributed by atoms with Gasteiger partial charge in [-0.1, -0.05) is 0 Å². The molecule has 0 spiro atoms. The molecule has 174 valence electrons. The topological polar surface area (TPSA) is 79.4 Å². The molecule has 0 radical (unpaired) electrons. The lowest BCUT2D eigenvalue weighted by atomic mass is 10.1. The number of hydroxylamine groups is 1. The molecule has 0 aromatic heterocycles. The Hall–Kier alpha value is -3.74. The quantitative estimate of drug-likeness (QED) is 0.559. The van der Waals surface area contributed by atoms with Gasteiger partial charge in [0.1, 0.15) is 17.3 Å². The molecular formula is C20H16F5N5O3. The predicted octanol–water partition coefficient (Wildman–Crippen LogP) is 4.45. The first-order chi connectivity index (χ1) is 15.6. The Morgan fingerprint density at radius 2 is 2.03 bits per heavy atom. The summed E-state index contributed by atoms with van der Waals surface area (Å²) in [6.07, 6.45) is -3.31. The molecule has 0 aliphatic carbocycles. The Balaban J connectivity index is 1.56. The number of ether oxygens (including phenoxy) is 2. The molecule has 33 heavy (non-hydrogen) atoms. The van der Waals surface area contributed by atoms with Gasteiger partial charge in [0, 0.05) is 23.5 Å². The van der Waals surface area contributed by atoms with Gasteiger partial charge in [-0.3, -0.25) is 4.90 Å². The van der Waals surface area contributed by atoms with E-state index in [4.69, 9.17) is 9.57 Å². The van der Waals surface area contributed by atoms with Crippen LogP contribution in [0.3, 0.4) is 0 Å². The highest BCUT2D eigenvalue weighted by Gasteiger charge is 2.50. The lowest BCUT2D eigenvalue weighted by Gasteiger charge is -2.36. The van der Waals surface area contributed by atoms with Crippen LogP contribution in [0.5, 0.6) is 11.5 Å². The highest BCUT2D eigenvalue weighted by atomic mass is 19.4. The standard InChI is InChI=1S/C20H16F5N5O3/c1-10-8-27-20(28-12-4-11(19(23,24)25)5-14(6-12)32-18(21)22)30(17(10)29-33-20)13-2-3-16-15(7-13)26-9-31-16/h2-8,18,26,28-29H,9H2,1H3. The molecule has 2 bridgehead atoms. The molecule has 0 saturated carbocycles. The first-order valence-corrected chi connectivity index (χ1v) is 9.61. The van der Waals surface area contributed by atoms with Crippen LogP contribution in [0.2, 0.25) is 0 Å². The van der Waals surface area contributed by atoms with Crippen molar-refractivity contribution in [1.82, 2.24) is 5.48 Å². The Morgan fingerprint density at radius 3 is 2.79 bits per heavy atom. The Labute approximate surface area is 183 Å². The molecule has 2 aromatic carbocycles. The van der Waals surface area contributed by atoms with E-state index in [1.807, 2.05) is 0 Å². The number of aliphatic imine (C=N–C) groups is 1. The molecule has 3 aliphatic heterocycles. The first kappa shape index (κ1) is 21.1. The van der Waals surface area contributed by atoms with Crippen LogP contribution in [-0.2, 0) is 11.0 Å². The fourth-order valence-electron chi connectivity index (χ4n) is 3.67. The molecule has 1 saturated heterocycles. The number of anilines is 3. The Kier molecular flexibility index (Phi) is 4.74. The first-order valence-electron chi connectivity index (χ1n) is 9.61. The van der Waals surface area contributed by atoms with Crippen LogP contribution in [0.1, 0.15) is 12.5 Å². The van der Waals surface area contributed by atoms with Gasteiger partial charge in [-0.05, 0) is 37.3 Å². The number of fused-ring (bicyclic) bond motifs is 3. The minimum atomic E-state index is -4.80. The maximum atomic E-state index is 13.4. The summed E-state index contributed by atoms with van der Waals surface area (Å²) in [4.78, 5) is 11.6. The third-order valence-corrected chi connectivity index (χ3v) is 5.10. The molecule has 3 N–H and O–H groups in total. The normalized spacial score (nSPS) is 21.0. The van der Waals surface area contributed by atoms with Crippen molar-refractivity contribution in [2.24, 2.45) is 4.99 Å². The van der Waals surface area contributed by atoms with E-state index in [0.717, 1.165) is 12.1 Å². The van der Waals surface area contributed by atoms with E-state index in [1.54, 1.807) is 30.0 Å². The molecule has 1 atom stereocenters. The van der Waals surface area contributed by atoms with Gasteiger partial charge in [0.2, 0.25) is 0 Å².